The second kappa shape index (κ2) is 15.2. The number of hydrogen-bond acceptors (Lipinski definition) is 4. The topological polar surface area (TPSA) is 51.6 Å². The summed E-state index contributed by atoms with van der Waals surface area (Å²) in [4.78, 5) is 21.4. The zero-order valence-corrected chi connectivity index (χ0v) is 36.7. The van der Waals surface area contributed by atoms with Crippen molar-refractivity contribution in [2.24, 2.45) is 0 Å². The van der Waals surface area contributed by atoms with Gasteiger partial charge in [0.15, 0.2) is 17.5 Å². The zero-order chi connectivity index (χ0) is 44.7. The maximum absolute atomic E-state index is 5.43. The Morgan fingerprint density at radius 2 is 0.632 bits per heavy atom. The number of pyridine rings is 1. The van der Waals surface area contributed by atoms with Crippen LogP contribution in [0.1, 0.15) is 0 Å². The Hall–Kier alpha value is -9.12. The highest BCUT2D eigenvalue weighted by Gasteiger charge is 2.20. The van der Waals surface area contributed by atoms with Gasteiger partial charge in [0.25, 0.3) is 0 Å². The number of rotatable bonds is 5. The number of benzene rings is 12. The number of nitrogens with zero attached hydrogens (tertiary/aromatic N) is 4. The molecule has 68 heavy (non-hydrogen) atoms. The summed E-state index contributed by atoms with van der Waals surface area (Å²) >= 11 is 0. The summed E-state index contributed by atoms with van der Waals surface area (Å²) in [6.45, 7) is 0. The summed E-state index contributed by atoms with van der Waals surface area (Å²) in [6.07, 6.45) is 0. The van der Waals surface area contributed by atoms with E-state index in [9.17, 15) is 0 Å². The van der Waals surface area contributed by atoms with E-state index in [1.54, 1.807) is 0 Å². The van der Waals surface area contributed by atoms with Crippen molar-refractivity contribution < 1.29 is 0 Å². The number of para-hydroxylation sites is 1. The molecular weight excluding hydrogens is 825 g/mol. The molecule has 14 aromatic rings. The fourth-order valence-corrected chi connectivity index (χ4v) is 10.7. The largest absolute Gasteiger partial charge is 0.247 e. The zero-order valence-electron chi connectivity index (χ0n) is 36.7. The van der Waals surface area contributed by atoms with Crippen molar-refractivity contribution in [2.45, 2.75) is 0 Å². The van der Waals surface area contributed by atoms with Crippen LogP contribution in [0.3, 0.4) is 0 Å². The average Bonchev–Trinajstić information content (AvgIpc) is 3.42. The lowest BCUT2D eigenvalue weighted by atomic mass is 9.89. The number of hydrogen-bond donors (Lipinski definition) is 0. The van der Waals surface area contributed by atoms with Crippen molar-refractivity contribution in [2.75, 3.05) is 0 Å². The summed E-state index contributed by atoms with van der Waals surface area (Å²) in [5.74, 6) is 1.89. The quantitative estimate of drug-likeness (QED) is 0.162. The van der Waals surface area contributed by atoms with Gasteiger partial charge < -0.3 is 0 Å². The molecule has 4 heteroatoms. The van der Waals surface area contributed by atoms with Gasteiger partial charge in [0, 0.05) is 38.4 Å². The van der Waals surface area contributed by atoms with Gasteiger partial charge in [0.05, 0.1) is 11.2 Å². The maximum atomic E-state index is 5.43. The summed E-state index contributed by atoms with van der Waals surface area (Å²) in [6, 6.07) is 82.2. The first-order valence-electron chi connectivity index (χ1n) is 23.1. The van der Waals surface area contributed by atoms with Crippen LogP contribution >= 0.6 is 0 Å². The monoisotopic (exact) mass is 862 g/mol. The molecule has 0 N–H and O–H groups in total. The van der Waals surface area contributed by atoms with Crippen LogP contribution in [0.2, 0.25) is 0 Å². The highest BCUT2D eigenvalue weighted by Crippen LogP contribution is 2.44. The van der Waals surface area contributed by atoms with Crippen molar-refractivity contribution in [3.63, 3.8) is 0 Å². The van der Waals surface area contributed by atoms with Crippen LogP contribution in [0.25, 0.3) is 143 Å². The van der Waals surface area contributed by atoms with E-state index >= 15 is 0 Å². The van der Waals surface area contributed by atoms with Gasteiger partial charge in [-0.3, -0.25) is 0 Å². The fraction of sp³-hybridized carbons (Fsp3) is 0. The Morgan fingerprint density at radius 3 is 1.21 bits per heavy atom. The SMILES string of the molecule is c1cc(-c2ccc(-c3nc(-c4cc5ccccc5c5ccccc45)nc(-c4cc5ccccc5c5ccccc45)n3)cc2)cc(-c2nc3ccccc3c3c4ccccc4c4ccccc4c23)c1. The molecule has 14 rings (SSSR count). The van der Waals surface area contributed by atoms with Gasteiger partial charge in [-0.05, 0) is 100 Å². The lowest BCUT2D eigenvalue weighted by Gasteiger charge is -2.16. The van der Waals surface area contributed by atoms with E-state index in [1.807, 2.05) is 0 Å². The van der Waals surface area contributed by atoms with Crippen LogP contribution in [0, 0.1) is 0 Å². The van der Waals surface area contributed by atoms with Gasteiger partial charge in [-0.2, -0.15) is 0 Å². The van der Waals surface area contributed by atoms with Gasteiger partial charge >= 0.3 is 0 Å². The molecule has 0 atom stereocenters. The summed E-state index contributed by atoms with van der Waals surface area (Å²) in [7, 11) is 0. The minimum Gasteiger partial charge on any atom is -0.247 e. The standard InChI is InChI=1S/C64H38N4/c1-3-20-45-42(16-1)37-56(51-26-7-5-22-47(45)51)63-66-62(67-64(68-63)57-38-43-17-2-4-21-46(43)48-23-6-8-27-52(48)57)40-34-32-39(33-35-40)41-18-15-19-44(36-41)61-60-54-29-12-10-25-50(54)49-24-9-11-28-53(49)59(60)55-30-13-14-31-58(55)65-61/h1-38H. The molecule has 0 spiro atoms. The molecule has 0 unspecified atom stereocenters. The molecule has 314 valence electrons. The van der Waals surface area contributed by atoms with Gasteiger partial charge in [-0.15, -0.1) is 0 Å². The molecule has 0 aliphatic rings. The highest BCUT2D eigenvalue weighted by molar-refractivity contribution is 6.33. The third-order valence-electron chi connectivity index (χ3n) is 13.8. The van der Waals surface area contributed by atoms with Crippen LogP contribution < -0.4 is 0 Å². The van der Waals surface area contributed by atoms with Gasteiger partial charge in [-0.25, -0.2) is 19.9 Å². The van der Waals surface area contributed by atoms with E-state index in [-0.39, 0.29) is 0 Å². The van der Waals surface area contributed by atoms with Crippen molar-refractivity contribution in [3.05, 3.63) is 231 Å². The van der Waals surface area contributed by atoms with Crippen LogP contribution in [0.5, 0.6) is 0 Å². The predicted octanol–water partition coefficient (Wildman–Crippen LogP) is 16.8. The lowest BCUT2D eigenvalue weighted by Crippen LogP contribution is -2.01. The molecular formula is C64H38N4. The smallest absolute Gasteiger partial charge is 0.164 e. The molecule has 0 aliphatic carbocycles. The third kappa shape index (κ3) is 6.01. The molecule has 0 saturated carbocycles. The minimum absolute atomic E-state index is 0.616. The van der Waals surface area contributed by atoms with Gasteiger partial charge in [0.2, 0.25) is 0 Å². The Labute approximate surface area is 391 Å². The van der Waals surface area contributed by atoms with E-state index in [0.717, 1.165) is 71.5 Å². The minimum atomic E-state index is 0.616. The number of aromatic nitrogens is 4. The van der Waals surface area contributed by atoms with Crippen LogP contribution in [0.15, 0.2) is 231 Å². The molecule has 4 nitrogen and oxygen atoms in total. The second-order valence-electron chi connectivity index (χ2n) is 17.7. The van der Waals surface area contributed by atoms with Crippen LogP contribution in [-0.4, -0.2) is 19.9 Å². The van der Waals surface area contributed by atoms with Crippen LogP contribution in [0.4, 0.5) is 0 Å². The van der Waals surface area contributed by atoms with Gasteiger partial charge in [-0.1, -0.05) is 206 Å². The Bertz CT molecular complexity index is 4250. The van der Waals surface area contributed by atoms with Gasteiger partial charge in [0.1, 0.15) is 0 Å². The third-order valence-corrected chi connectivity index (χ3v) is 13.8. The summed E-state index contributed by atoms with van der Waals surface area (Å²) < 4.78 is 0. The number of fused-ring (bicyclic) bond motifs is 14. The molecule has 2 heterocycles. The first kappa shape index (κ1) is 38.2. The maximum Gasteiger partial charge on any atom is 0.164 e. The van der Waals surface area contributed by atoms with E-state index in [2.05, 4.69) is 231 Å². The van der Waals surface area contributed by atoms with E-state index in [4.69, 9.17) is 19.9 Å². The van der Waals surface area contributed by atoms with Crippen LogP contribution in [-0.2, 0) is 0 Å². The fourth-order valence-electron chi connectivity index (χ4n) is 10.7. The van der Waals surface area contributed by atoms with Crippen molar-refractivity contribution in [1.82, 2.24) is 19.9 Å². The Kier molecular flexibility index (Phi) is 8.55. The molecule has 0 bridgehead atoms. The Morgan fingerprint density at radius 1 is 0.221 bits per heavy atom. The molecule has 0 amide bonds. The van der Waals surface area contributed by atoms with Crippen molar-refractivity contribution in [3.8, 4) is 56.5 Å². The van der Waals surface area contributed by atoms with E-state index in [0.29, 0.717) is 17.5 Å². The highest BCUT2D eigenvalue weighted by atomic mass is 15.0. The molecule has 0 aliphatic heterocycles. The lowest BCUT2D eigenvalue weighted by molar-refractivity contribution is 1.08. The molecule has 0 fully saturated rings. The average molecular weight is 863 g/mol. The normalized spacial score (nSPS) is 11.8. The summed E-state index contributed by atoms with van der Waals surface area (Å²) in [5.41, 5.74) is 8.07. The first-order chi connectivity index (χ1) is 33.7. The molecule has 0 saturated heterocycles. The van der Waals surface area contributed by atoms with Crippen molar-refractivity contribution >= 4 is 86.3 Å². The Balaban J connectivity index is 0.940. The molecule has 0 radical (unpaired) electrons. The van der Waals surface area contributed by atoms with E-state index < -0.39 is 0 Å². The van der Waals surface area contributed by atoms with E-state index in [1.165, 1.54) is 53.9 Å². The first-order valence-corrected chi connectivity index (χ1v) is 23.1. The van der Waals surface area contributed by atoms with Crippen molar-refractivity contribution in [1.29, 1.82) is 0 Å². The molecule has 2 aromatic heterocycles. The molecule has 12 aromatic carbocycles. The predicted molar refractivity (Wildman–Crippen MR) is 285 cm³/mol. The summed E-state index contributed by atoms with van der Waals surface area (Å²) in [5, 5.41) is 17.7. The second-order valence-corrected chi connectivity index (χ2v) is 17.7.